The van der Waals surface area contributed by atoms with Crippen LogP contribution in [0.1, 0.15) is 18.9 Å². The second-order valence-electron chi connectivity index (χ2n) is 2.81. The van der Waals surface area contributed by atoms with Crippen molar-refractivity contribution in [2.75, 3.05) is 6.61 Å². The van der Waals surface area contributed by atoms with Crippen LogP contribution < -0.4 is 4.74 Å². The van der Waals surface area contributed by atoms with Gasteiger partial charge in [-0.25, -0.2) is 4.39 Å². The van der Waals surface area contributed by atoms with E-state index in [-0.39, 0.29) is 5.82 Å². The molecule has 0 bridgehead atoms. The van der Waals surface area contributed by atoms with E-state index in [2.05, 4.69) is 6.92 Å². The molecule has 71 valence electrons. The molecule has 0 aromatic heterocycles. The molecule has 0 atom stereocenters. The SMILES string of the molecule is [CH2]CCOc1ccc(F)cc1CC. The first kappa shape index (κ1) is 10.0. The molecule has 0 unspecified atom stereocenters. The molecule has 1 rings (SSSR count). The van der Waals surface area contributed by atoms with Gasteiger partial charge in [0.15, 0.2) is 0 Å². The third kappa shape index (κ3) is 2.72. The van der Waals surface area contributed by atoms with Gasteiger partial charge in [-0.05, 0) is 43.5 Å². The highest BCUT2D eigenvalue weighted by molar-refractivity contribution is 5.33. The molecule has 0 heterocycles. The van der Waals surface area contributed by atoms with Gasteiger partial charge in [-0.1, -0.05) is 6.92 Å². The molecular formula is C11H14FO. The lowest BCUT2D eigenvalue weighted by molar-refractivity contribution is 0.320. The predicted octanol–water partition coefficient (Wildman–Crippen LogP) is 2.99. The summed E-state index contributed by atoms with van der Waals surface area (Å²) in [7, 11) is 0. The lowest BCUT2D eigenvalue weighted by atomic mass is 10.1. The Labute approximate surface area is 78.5 Å². The molecule has 1 aromatic rings. The van der Waals surface area contributed by atoms with Gasteiger partial charge in [0.2, 0.25) is 0 Å². The molecule has 1 nitrogen and oxygen atoms in total. The zero-order chi connectivity index (χ0) is 9.68. The van der Waals surface area contributed by atoms with Gasteiger partial charge < -0.3 is 4.74 Å². The van der Waals surface area contributed by atoms with E-state index in [1.807, 2.05) is 6.92 Å². The van der Waals surface area contributed by atoms with E-state index in [4.69, 9.17) is 4.74 Å². The van der Waals surface area contributed by atoms with E-state index >= 15 is 0 Å². The molecule has 0 saturated heterocycles. The second kappa shape index (κ2) is 4.85. The van der Waals surface area contributed by atoms with Crippen LogP contribution in [0.4, 0.5) is 4.39 Å². The van der Waals surface area contributed by atoms with Crippen molar-refractivity contribution in [1.82, 2.24) is 0 Å². The minimum Gasteiger partial charge on any atom is -0.493 e. The fourth-order valence-corrected chi connectivity index (χ4v) is 1.15. The Morgan fingerprint density at radius 2 is 2.23 bits per heavy atom. The Morgan fingerprint density at radius 1 is 1.46 bits per heavy atom. The molecular weight excluding hydrogens is 167 g/mol. The maximum absolute atomic E-state index is 12.8. The summed E-state index contributed by atoms with van der Waals surface area (Å²) in [6.45, 7) is 6.23. The first-order valence-electron chi connectivity index (χ1n) is 4.48. The number of halogens is 1. The maximum atomic E-state index is 12.8. The molecule has 0 fully saturated rings. The van der Waals surface area contributed by atoms with Crippen molar-refractivity contribution < 1.29 is 9.13 Å². The predicted molar refractivity (Wildman–Crippen MR) is 51.2 cm³/mol. The summed E-state index contributed by atoms with van der Waals surface area (Å²) in [5.74, 6) is 0.561. The topological polar surface area (TPSA) is 9.23 Å². The number of rotatable bonds is 4. The van der Waals surface area contributed by atoms with E-state index in [1.54, 1.807) is 6.07 Å². The van der Waals surface area contributed by atoms with E-state index in [0.29, 0.717) is 6.61 Å². The minimum absolute atomic E-state index is 0.209. The third-order valence-electron chi connectivity index (χ3n) is 1.81. The number of aryl methyl sites for hydroxylation is 1. The van der Waals surface area contributed by atoms with Crippen LogP contribution in [-0.2, 0) is 6.42 Å². The molecule has 0 spiro atoms. The van der Waals surface area contributed by atoms with Gasteiger partial charge >= 0.3 is 0 Å². The van der Waals surface area contributed by atoms with Gasteiger partial charge in [-0.2, -0.15) is 0 Å². The highest BCUT2D eigenvalue weighted by Crippen LogP contribution is 2.20. The molecule has 2 heteroatoms. The third-order valence-corrected chi connectivity index (χ3v) is 1.81. The Bertz CT molecular complexity index is 271. The van der Waals surface area contributed by atoms with Crippen LogP contribution in [0.25, 0.3) is 0 Å². The summed E-state index contributed by atoms with van der Waals surface area (Å²) in [5, 5.41) is 0. The number of benzene rings is 1. The first-order chi connectivity index (χ1) is 6.27. The zero-order valence-electron chi connectivity index (χ0n) is 7.85. The van der Waals surface area contributed by atoms with Crippen molar-refractivity contribution in [3.8, 4) is 5.75 Å². The molecule has 0 N–H and O–H groups in total. The maximum Gasteiger partial charge on any atom is 0.123 e. The van der Waals surface area contributed by atoms with E-state index in [1.165, 1.54) is 12.1 Å². The second-order valence-corrected chi connectivity index (χ2v) is 2.81. The van der Waals surface area contributed by atoms with Crippen LogP contribution in [0.15, 0.2) is 18.2 Å². The molecule has 0 aliphatic carbocycles. The van der Waals surface area contributed by atoms with Crippen LogP contribution in [0.2, 0.25) is 0 Å². The van der Waals surface area contributed by atoms with E-state index in [9.17, 15) is 4.39 Å². The molecule has 0 aliphatic rings. The fourth-order valence-electron chi connectivity index (χ4n) is 1.15. The average Bonchev–Trinajstić information content (AvgIpc) is 2.16. The van der Waals surface area contributed by atoms with Gasteiger partial charge in [0, 0.05) is 0 Å². The Hall–Kier alpha value is -1.05. The summed E-state index contributed by atoms with van der Waals surface area (Å²) in [6, 6.07) is 4.60. The summed E-state index contributed by atoms with van der Waals surface area (Å²) in [6.07, 6.45) is 1.50. The molecule has 0 amide bonds. The van der Waals surface area contributed by atoms with Crippen LogP contribution in [0.3, 0.4) is 0 Å². The lowest BCUT2D eigenvalue weighted by Crippen LogP contribution is -1.98. The van der Waals surface area contributed by atoms with Crippen LogP contribution >= 0.6 is 0 Å². The first-order valence-corrected chi connectivity index (χ1v) is 4.48. The molecule has 0 aliphatic heterocycles. The zero-order valence-corrected chi connectivity index (χ0v) is 7.85. The van der Waals surface area contributed by atoms with Crippen molar-refractivity contribution in [1.29, 1.82) is 0 Å². The van der Waals surface area contributed by atoms with E-state index in [0.717, 1.165) is 24.2 Å². The quantitative estimate of drug-likeness (QED) is 0.693. The Balaban J connectivity index is 2.79. The lowest BCUT2D eigenvalue weighted by Gasteiger charge is -2.08. The summed E-state index contributed by atoms with van der Waals surface area (Å²) < 4.78 is 18.2. The number of ether oxygens (including phenoxy) is 1. The fraction of sp³-hybridized carbons (Fsp3) is 0.364. The van der Waals surface area contributed by atoms with Gasteiger partial charge in [-0.15, -0.1) is 0 Å². The summed E-state index contributed by atoms with van der Waals surface area (Å²) >= 11 is 0. The largest absolute Gasteiger partial charge is 0.493 e. The van der Waals surface area contributed by atoms with Crippen LogP contribution in [0.5, 0.6) is 5.75 Å². The Kier molecular flexibility index (Phi) is 3.74. The molecule has 13 heavy (non-hydrogen) atoms. The summed E-state index contributed by atoms with van der Waals surface area (Å²) in [4.78, 5) is 0. The highest BCUT2D eigenvalue weighted by Gasteiger charge is 2.02. The van der Waals surface area contributed by atoms with Crippen molar-refractivity contribution >= 4 is 0 Å². The minimum atomic E-state index is -0.209. The molecule has 1 radical (unpaired) electrons. The normalized spacial score (nSPS) is 10.1. The molecule has 1 aromatic carbocycles. The van der Waals surface area contributed by atoms with Crippen molar-refractivity contribution in [2.24, 2.45) is 0 Å². The monoisotopic (exact) mass is 181 g/mol. The van der Waals surface area contributed by atoms with Gasteiger partial charge in [0.1, 0.15) is 11.6 Å². The number of hydrogen-bond acceptors (Lipinski definition) is 1. The summed E-state index contributed by atoms with van der Waals surface area (Å²) in [5.41, 5.74) is 0.911. The van der Waals surface area contributed by atoms with Crippen molar-refractivity contribution in [3.63, 3.8) is 0 Å². The van der Waals surface area contributed by atoms with Crippen LogP contribution in [0, 0.1) is 12.7 Å². The smallest absolute Gasteiger partial charge is 0.123 e. The van der Waals surface area contributed by atoms with Crippen molar-refractivity contribution in [3.05, 3.63) is 36.5 Å². The van der Waals surface area contributed by atoms with Gasteiger partial charge in [0.05, 0.1) is 6.61 Å². The van der Waals surface area contributed by atoms with Crippen LogP contribution in [-0.4, -0.2) is 6.61 Å². The highest BCUT2D eigenvalue weighted by atomic mass is 19.1. The van der Waals surface area contributed by atoms with Crippen molar-refractivity contribution in [2.45, 2.75) is 19.8 Å². The van der Waals surface area contributed by atoms with Gasteiger partial charge in [0.25, 0.3) is 0 Å². The van der Waals surface area contributed by atoms with E-state index < -0.39 is 0 Å². The molecule has 0 saturated carbocycles. The standard InChI is InChI=1S/C11H14FO/c1-3-7-13-11-6-5-10(12)8-9(11)4-2/h5-6,8H,1,3-4,7H2,2H3. The number of hydrogen-bond donors (Lipinski definition) is 0. The Morgan fingerprint density at radius 3 is 2.85 bits per heavy atom. The average molecular weight is 181 g/mol. The van der Waals surface area contributed by atoms with Gasteiger partial charge in [-0.3, -0.25) is 0 Å².